The second kappa shape index (κ2) is 10.2. The van der Waals surface area contributed by atoms with E-state index in [-0.39, 0.29) is 17.2 Å². The zero-order valence-corrected chi connectivity index (χ0v) is 19.6. The van der Waals surface area contributed by atoms with Gasteiger partial charge in [0.15, 0.2) is 0 Å². The van der Waals surface area contributed by atoms with Crippen molar-refractivity contribution in [1.29, 1.82) is 0 Å². The van der Waals surface area contributed by atoms with Crippen LogP contribution in [0.2, 0.25) is 0 Å². The van der Waals surface area contributed by atoms with Gasteiger partial charge < -0.3 is 10.1 Å². The van der Waals surface area contributed by atoms with Crippen LogP contribution in [0.5, 0.6) is 0 Å². The standard InChI is InChI=1S/C23H21FN4O3S2/c1-28(11-17-12-32-13-25-17)10-16-6-7-18-20(21(23(30)31-2)33-22(18)26-16)27-19(29)9-14-4-3-5-15(24)8-14/h3-8,12-13H,9-11H2,1-2H3,(H,27,29). The van der Waals surface area contributed by atoms with Crippen molar-refractivity contribution >= 4 is 50.5 Å². The van der Waals surface area contributed by atoms with Crippen LogP contribution >= 0.6 is 22.7 Å². The molecule has 4 aromatic rings. The molecule has 1 aromatic carbocycles. The largest absolute Gasteiger partial charge is 0.465 e. The van der Waals surface area contributed by atoms with Gasteiger partial charge in [-0.25, -0.2) is 19.2 Å². The van der Waals surface area contributed by atoms with Crippen LogP contribution in [0.4, 0.5) is 10.1 Å². The highest BCUT2D eigenvalue weighted by Gasteiger charge is 2.22. The number of hydrogen-bond donors (Lipinski definition) is 1. The maximum Gasteiger partial charge on any atom is 0.350 e. The Morgan fingerprint density at radius 3 is 2.73 bits per heavy atom. The number of halogens is 1. The molecule has 0 aliphatic carbocycles. The number of hydrogen-bond acceptors (Lipinski definition) is 8. The Kier molecular flexibility index (Phi) is 7.07. The smallest absolute Gasteiger partial charge is 0.350 e. The van der Waals surface area contributed by atoms with E-state index in [9.17, 15) is 14.0 Å². The summed E-state index contributed by atoms with van der Waals surface area (Å²) >= 11 is 2.72. The first-order chi connectivity index (χ1) is 15.9. The van der Waals surface area contributed by atoms with Crippen LogP contribution in [0, 0.1) is 5.82 Å². The van der Waals surface area contributed by atoms with Gasteiger partial charge in [0.05, 0.1) is 36.1 Å². The van der Waals surface area contributed by atoms with Gasteiger partial charge in [-0.1, -0.05) is 12.1 Å². The van der Waals surface area contributed by atoms with Gasteiger partial charge in [-0.3, -0.25) is 9.69 Å². The number of amides is 1. The summed E-state index contributed by atoms with van der Waals surface area (Å²) in [6, 6.07) is 9.56. The van der Waals surface area contributed by atoms with E-state index < -0.39 is 11.8 Å². The molecule has 0 saturated carbocycles. The highest BCUT2D eigenvalue weighted by Crippen LogP contribution is 2.35. The van der Waals surface area contributed by atoms with Crippen molar-refractivity contribution in [2.45, 2.75) is 19.5 Å². The summed E-state index contributed by atoms with van der Waals surface area (Å²) in [4.78, 5) is 37.0. The first kappa shape index (κ1) is 23.0. The maximum atomic E-state index is 13.4. The molecule has 0 aliphatic rings. The van der Waals surface area contributed by atoms with Gasteiger partial charge in [-0.15, -0.1) is 22.7 Å². The highest BCUT2D eigenvalue weighted by atomic mass is 32.1. The lowest BCUT2D eigenvalue weighted by molar-refractivity contribution is -0.115. The van der Waals surface area contributed by atoms with Gasteiger partial charge in [0, 0.05) is 23.9 Å². The van der Waals surface area contributed by atoms with Gasteiger partial charge in [-0.05, 0) is 36.9 Å². The predicted molar refractivity (Wildman–Crippen MR) is 127 cm³/mol. The molecule has 1 amide bonds. The number of aromatic nitrogens is 2. The van der Waals surface area contributed by atoms with E-state index >= 15 is 0 Å². The second-order valence-electron chi connectivity index (χ2n) is 7.46. The number of thiazole rings is 1. The number of thiophene rings is 1. The number of carbonyl (C=O) groups is 2. The number of ether oxygens (including phenoxy) is 1. The minimum absolute atomic E-state index is 0.0252. The molecule has 1 N–H and O–H groups in total. The monoisotopic (exact) mass is 484 g/mol. The Labute approximate surface area is 197 Å². The second-order valence-corrected chi connectivity index (χ2v) is 9.18. The lowest BCUT2D eigenvalue weighted by atomic mass is 10.1. The first-order valence-corrected chi connectivity index (χ1v) is 11.8. The molecule has 0 aliphatic heterocycles. The minimum Gasteiger partial charge on any atom is -0.465 e. The fourth-order valence-electron chi connectivity index (χ4n) is 3.41. The van der Waals surface area contributed by atoms with Crippen molar-refractivity contribution in [3.8, 4) is 0 Å². The number of carbonyl (C=O) groups excluding carboxylic acids is 2. The average Bonchev–Trinajstić information content (AvgIpc) is 3.41. The molecule has 3 aromatic heterocycles. The molecule has 33 heavy (non-hydrogen) atoms. The van der Waals surface area contributed by atoms with E-state index in [4.69, 9.17) is 9.72 Å². The molecule has 7 nitrogen and oxygen atoms in total. The van der Waals surface area contributed by atoms with Crippen molar-refractivity contribution in [1.82, 2.24) is 14.9 Å². The molecule has 0 radical (unpaired) electrons. The Morgan fingerprint density at radius 1 is 1.18 bits per heavy atom. The Bertz CT molecular complexity index is 1290. The topological polar surface area (TPSA) is 84.4 Å². The van der Waals surface area contributed by atoms with Crippen molar-refractivity contribution in [3.05, 3.63) is 74.9 Å². The molecule has 0 fully saturated rings. The van der Waals surface area contributed by atoms with Crippen LogP contribution in [-0.4, -0.2) is 40.9 Å². The summed E-state index contributed by atoms with van der Waals surface area (Å²) < 4.78 is 18.4. The van der Waals surface area contributed by atoms with Gasteiger partial charge in [0.2, 0.25) is 5.91 Å². The molecule has 170 valence electrons. The number of pyridine rings is 1. The number of anilines is 1. The third-order valence-corrected chi connectivity index (χ3v) is 6.56. The minimum atomic E-state index is -0.554. The highest BCUT2D eigenvalue weighted by molar-refractivity contribution is 7.21. The molecular weight excluding hydrogens is 463 g/mol. The molecular formula is C23H21FN4O3S2. The molecule has 0 spiro atoms. The number of nitrogens with zero attached hydrogens (tertiary/aromatic N) is 3. The quantitative estimate of drug-likeness (QED) is 0.371. The number of fused-ring (bicyclic) bond motifs is 1. The average molecular weight is 485 g/mol. The lowest BCUT2D eigenvalue weighted by Crippen LogP contribution is -2.18. The van der Waals surface area contributed by atoms with Gasteiger partial charge in [0.1, 0.15) is 15.5 Å². The van der Waals surface area contributed by atoms with E-state index in [0.717, 1.165) is 22.7 Å². The van der Waals surface area contributed by atoms with Crippen molar-refractivity contribution in [2.75, 3.05) is 19.5 Å². The van der Waals surface area contributed by atoms with Gasteiger partial charge in [-0.2, -0.15) is 0 Å². The predicted octanol–water partition coefficient (Wildman–Crippen LogP) is 4.49. The van der Waals surface area contributed by atoms with Crippen molar-refractivity contribution < 1.29 is 18.7 Å². The molecule has 0 saturated heterocycles. The number of rotatable bonds is 8. The summed E-state index contributed by atoms with van der Waals surface area (Å²) in [5.41, 5.74) is 4.53. The molecule has 4 rings (SSSR count). The molecule has 0 atom stereocenters. The molecule has 10 heteroatoms. The summed E-state index contributed by atoms with van der Waals surface area (Å²) in [6.07, 6.45) is -0.0252. The summed E-state index contributed by atoms with van der Waals surface area (Å²) in [6.45, 7) is 1.29. The number of nitrogens with one attached hydrogen (secondary N) is 1. The Hall–Kier alpha value is -3.21. The lowest BCUT2D eigenvalue weighted by Gasteiger charge is -2.14. The first-order valence-electron chi connectivity index (χ1n) is 10.0. The van der Waals surface area contributed by atoms with Crippen LogP contribution in [0.3, 0.4) is 0 Å². The van der Waals surface area contributed by atoms with Crippen molar-refractivity contribution in [3.63, 3.8) is 0 Å². The van der Waals surface area contributed by atoms with Crippen LogP contribution in [0.25, 0.3) is 10.2 Å². The summed E-state index contributed by atoms with van der Waals surface area (Å²) in [7, 11) is 3.27. The van der Waals surface area contributed by atoms with E-state index in [0.29, 0.717) is 34.6 Å². The van der Waals surface area contributed by atoms with Crippen LogP contribution in [-0.2, 0) is 29.0 Å². The van der Waals surface area contributed by atoms with Gasteiger partial charge >= 0.3 is 5.97 Å². The van der Waals surface area contributed by atoms with Crippen LogP contribution < -0.4 is 5.32 Å². The SMILES string of the molecule is COC(=O)c1sc2nc(CN(C)Cc3cscn3)ccc2c1NC(=O)Cc1cccc(F)c1. The fourth-order valence-corrected chi connectivity index (χ4v) is 5.02. The number of methoxy groups -OCH3 is 1. The third kappa shape index (κ3) is 5.59. The Balaban J connectivity index is 1.56. The number of esters is 1. The normalized spacial score (nSPS) is 11.2. The molecule has 3 heterocycles. The summed E-state index contributed by atoms with van der Waals surface area (Å²) in [5, 5.41) is 5.46. The summed E-state index contributed by atoms with van der Waals surface area (Å²) in [5.74, 6) is -1.33. The van der Waals surface area contributed by atoms with Crippen LogP contribution in [0.1, 0.15) is 26.6 Å². The zero-order valence-electron chi connectivity index (χ0n) is 18.0. The zero-order chi connectivity index (χ0) is 23.4. The van der Waals surface area contributed by atoms with E-state index in [2.05, 4.69) is 15.2 Å². The van der Waals surface area contributed by atoms with Crippen molar-refractivity contribution in [2.24, 2.45) is 0 Å². The Morgan fingerprint density at radius 2 is 2.00 bits per heavy atom. The van der Waals surface area contributed by atoms with E-state index in [1.54, 1.807) is 29.0 Å². The van der Waals surface area contributed by atoms with Gasteiger partial charge in [0.25, 0.3) is 0 Å². The third-order valence-electron chi connectivity index (χ3n) is 4.85. The maximum absolute atomic E-state index is 13.4. The van der Waals surface area contributed by atoms with E-state index in [1.807, 2.05) is 24.6 Å². The molecule has 0 unspecified atom stereocenters. The van der Waals surface area contributed by atoms with E-state index in [1.165, 1.54) is 19.2 Å². The van der Waals surface area contributed by atoms with Crippen LogP contribution in [0.15, 0.2) is 47.3 Å². The fraction of sp³-hybridized carbons (Fsp3) is 0.217. The molecule has 0 bridgehead atoms. The number of benzene rings is 1.